The second kappa shape index (κ2) is 8.45. The molecule has 8 heteroatoms. The fourth-order valence-electron chi connectivity index (χ4n) is 0. The van der Waals surface area contributed by atoms with Crippen molar-refractivity contribution in [2.24, 2.45) is 0 Å². The van der Waals surface area contributed by atoms with E-state index >= 15 is 0 Å². The Bertz CT molecular complexity index is 99.2. The van der Waals surface area contributed by atoms with Crippen LogP contribution in [-0.2, 0) is 27.5 Å². The van der Waals surface area contributed by atoms with Crippen molar-refractivity contribution in [3.05, 3.63) is 0 Å². The predicted octanol–water partition coefficient (Wildman–Crippen LogP) is -4.72. The molecular weight excluding hydrogens is 219 g/mol. The van der Waals surface area contributed by atoms with E-state index in [2.05, 4.69) is 0 Å². The Morgan fingerprint density at radius 1 is 1.12 bits per heavy atom. The Morgan fingerprint density at radius 3 is 1.12 bits per heavy atom. The molecule has 0 aromatic rings. The van der Waals surface area contributed by atoms with Gasteiger partial charge in [0.05, 0.1) is 0 Å². The molecule has 0 saturated carbocycles. The van der Waals surface area contributed by atoms with Crippen LogP contribution in [0.15, 0.2) is 0 Å². The summed E-state index contributed by atoms with van der Waals surface area (Å²) in [6.45, 7) is 0. The molecule has 0 heterocycles. The Kier molecular flexibility index (Phi) is 24.0. The van der Waals surface area contributed by atoms with Crippen LogP contribution in [0.3, 0.4) is 0 Å². The van der Waals surface area contributed by atoms with Crippen LogP contribution < -0.4 is 12.4 Å². The molecule has 0 saturated heterocycles. The predicted molar refractivity (Wildman–Crippen MR) is 16.2 cm³/mol. The Balaban J connectivity index is -0.0000000267. The summed E-state index contributed by atoms with van der Waals surface area (Å²) >= 11 is 0. The first kappa shape index (κ1) is 22.7. The molecule has 0 spiro atoms. The fourth-order valence-corrected chi connectivity index (χ4v) is 0. The van der Waals surface area contributed by atoms with Crippen LogP contribution in [0.1, 0.15) is 0 Å². The third kappa shape index (κ3) is 148. The van der Waals surface area contributed by atoms with Gasteiger partial charge >= 0.3 is 40.1 Å². The summed E-state index contributed by atoms with van der Waals surface area (Å²) < 4.78 is 34.1. The minimum Gasteiger partial charge on any atom is -1.00 e. The van der Waals surface area contributed by atoms with Gasteiger partial charge in [0.1, 0.15) is 0 Å². The number of hydrogen-bond donors (Lipinski definition) is 0. The van der Waals surface area contributed by atoms with Crippen molar-refractivity contribution in [1.82, 2.24) is 0 Å². The number of hydrogen-bond acceptors (Lipinski definition) is 4. The van der Waals surface area contributed by atoms with Crippen LogP contribution in [0.4, 0.5) is 0 Å². The molecule has 0 fully saturated rings. The van der Waals surface area contributed by atoms with E-state index in [9.17, 15) is 0 Å². The van der Waals surface area contributed by atoms with Gasteiger partial charge in [-0.05, 0) is 0 Å². The maximum Gasteiger partial charge on any atom is 2.00 e. The van der Waals surface area contributed by atoms with Crippen molar-refractivity contribution in [1.29, 1.82) is 0 Å². The molecule has 0 aliphatic carbocycles. The molecule has 0 amide bonds. The van der Waals surface area contributed by atoms with Gasteiger partial charge in [-0.3, -0.25) is 8.42 Å². The van der Waals surface area contributed by atoms with Gasteiger partial charge in [-0.15, -0.1) is 0 Å². The smallest absolute Gasteiger partial charge is 1.00 e. The minimum absolute atomic E-state index is 0. The molecule has 0 bridgehead atoms. The second-order valence-corrected chi connectivity index (χ2v) is 1.22. The van der Waals surface area contributed by atoms with Crippen LogP contribution in [0.25, 0.3) is 0 Å². The molecule has 0 N–H and O–H groups in total. The first-order valence-electron chi connectivity index (χ1n) is 0.667. The van der Waals surface area contributed by atoms with E-state index < -0.39 is 10.4 Å². The summed E-state index contributed by atoms with van der Waals surface area (Å²) in [7, 11) is -5.17. The summed E-state index contributed by atoms with van der Waals surface area (Å²) in [5.41, 5.74) is 0. The molecule has 0 aromatic carbocycles. The van der Waals surface area contributed by atoms with Gasteiger partial charge in [0, 0.05) is 10.4 Å². The third-order valence-electron chi connectivity index (χ3n) is 0. The van der Waals surface area contributed by atoms with E-state index in [-0.39, 0.29) is 52.5 Å². The Hall–Kier alpha value is 1.45. The molecule has 0 aliphatic rings. The Labute approximate surface area is 80.0 Å². The van der Waals surface area contributed by atoms with E-state index in [1.807, 2.05) is 0 Å². The molecule has 0 aliphatic heterocycles. The molecule has 1 radical (unpaired) electrons. The van der Waals surface area contributed by atoms with Gasteiger partial charge in [0.15, 0.2) is 0 Å². The Morgan fingerprint density at radius 2 is 1.12 bits per heavy atom. The molecule has 0 atom stereocenters. The monoisotopic (exact) mass is 218 g/mol. The van der Waals surface area contributed by atoms with Gasteiger partial charge < -0.3 is 21.5 Å². The maximum atomic E-state index is 8.52. The van der Waals surface area contributed by atoms with Gasteiger partial charge in [-0.25, -0.2) is 0 Å². The van der Waals surface area contributed by atoms with Crippen molar-refractivity contribution < 1.29 is 47.0 Å². The van der Waals surface area contributed by atoms with Crippen molar-refractivity contribution in [2.75, 3.05) is 0 Å². The van der Waals surface area contributed by atoms with Crippen LogP contribution in [0, 0.1) is 0 Å². The van der Waals surface area contributed by atoms with Crippen molar-refractivity contribution >= 4 is 33.5 Å². The van der Waals surface area contributed by atoms with Crippen molar-refractivity contribution in [3.63, 3.8) is 0 Å². The van der Waals surface area contributed by atoms with Gasteiger partial charge in [0.2, 0.25) is 0 Å². The van der Waals surface area contributed by atoms with Crippen molar-refractivity contribution in [3.8, 4) is 0 Å². The molecule has 8 heavy (non-hydrogen) atoms. The fraction of sp³-hybridized carbons (Fsp3) is 0. The zero-order valence-corrected chi connectivity index (χ0v) is 7.36. The summed E-state index contributed by atoms with van der Waals surface area (Å²) in [6, 6.07) is 0. The van der Waals surface area contributed by atoms with Crippen LogP contribution in [0.5, 0.6) is 0 Å². The molecule has 0 rings (SSSR count). The zero-order chi connectivity index (χ0) is 4.50. The molecule has 49 valence electrons. The van der Waals surface area contributed by atoms with E-state index in [0.717, 1.165) is 0 Å². The normalized spacial score (nSPS) is 7.25. The van der Waals surface area contributed by atoms with Crippen LogP contribution in [-0.4, -0.2) is 40.6 Å². The van der Waals surface area contributed by atoms with Gasteiger partial charge in [-0.2, -0.15) is 0 Å². The number of rotatable bonds is 0. The first-order valence-corrected chi connectivity index (χ1v) is 2.00. The van der Waals surface area contributed by atoms with Crippen LogP contribution >= 0.6 is 0 Å². The number of halogens is 1. The quantitative estimate of drug-likeness (QED) is 0.233. The molecular formula is ClCuMgO4S+. The largest absolute Gasteiger partial charge is 2.00 e. The first-order chi connectivity index (χ1) is 2.00. The summed E-state index contributed by atoms with van der Waals surface area (Å²) in [6.07, 6.45) is 0. The second-order valence-electron chi connectivity index (χ2n) is 0.408. The van der Waals surface area contributed by atoms with Gasteiger partial charge in [0.25, 0.3) is 0 Å². The average molecular weight is 219 g/mol. The van der Waals surface area contributed by atoms with Crippen molar-refractivity contribution in [2.45, 2.75) is 0 Å². The SMILES string of the molecule is O=S(=O)([O-])[O-].[Cl-].[Cu+2].[Mg+2]. The maximum absolute atomic E-state index is 8.52. The topological polar surface area (TPSA) is 80.3 Å². The molecule has 0 unspecified atom stereocenters. The zero-order valence-electron chi connectivity index (χ0n) is 3.43. The standard InChI is InChI=1S/ClH.Cu.Mg.H2O4S/c;;;1-5(2,3)4/h1H;;;(H2,1,2,3,4)/q;2*+2;/p-3. The summed E-state index contributed by atoms with van der Waals surface area (Å²) in [4.78, 5) is 0. The summed E-state index contributed by atoms with van der Waals surface area (Å²) in [5.74, 6) is 0. The summed E-state index contributed by atoms with van der Waals surface area (Å²) in [5, 5.41) is 0. The molecule has 0 aromatic heterocycles. The van der Waals surface area contributed by atoms with E-state index in [1.165, 1.54) is 0 Å². The van der Waals surface area contributed by atoms with E-state index in [4.69, 9.17) is 17.5 Å². The van der Waals surface area contributed by atoms with Gasteiger partial charge in [-0.1, -0.05) is 0 Å². The van der Waals surface area contributed by atoms with E-state index in [0.29, 0.717) is 0 Å². The third-order valence-corrected chi connectivity index (χ3v) is 0. The minimum atomic E-state index is -5.17. The average Bonchev–Trinajstić information content (AvgIpc) is 0.722. The van der Waals surface area contributed by atoms with E-state index in [1.54, 1.807) is 0 Å². The van der Waals surface area contributed by atoms with Crippen LogP contribution in [0.2, 0.25) is 0 Å². The molecule has 4 nitrogen and oxygen atoms in total.